The van der Waals surface area contributed by atoms with Gasteiger partial charge >= 0.3 is 0 Å². The van der Waals surface area contributed by atoms with Crippen LogP contribution in [-0.2, 0) is 10.8 Å². The Hall–Kier alpha value is -0.890. The van der Waals surface area contributed by atoms with E-state index in [-0.39, 0.29) is 0 Å². The Morgan fingerprint density at radius 2 is 1.93 bits per heavy atom. The molecule has 0 aliphatic heterocycles. The van der Waals surface area contributed by atoms with Gasteiger partial charge in [-0.15, -0.1) is 0 Å². The molecule has 0 spiro atoms. The third-order valence-corrected chi connectivity index (χ3v) is 4.02. The smallest absolute Gasteiger partial charge is 0.0805 e. The molecule has 0 bridgehead atoms. The van der Waals surface area contributed by atoms with Gasteiger partial charge < -0.3 is 0 Å². The fourth-order valence-electron chi connectivity index (χ4n) is 1.62. The van der Waals surface area contributed by atoms with Gasteiger partial charge in [-0.25, -0.2) is 4.21 Å². The minimum atomic E-state index is -0.906. The van der Waals surface area contributed by atoms with Crippen LogP contribution in [0.2, 0.25) is 0 Å². The van der Waals surface area contributed by atoms with Crippen molar-refractivity contribution >= 4 is 10.8 Å². The maximum Gasteiger partial charge on any atom is 0.0805 e. The number of hydrogen-bond donors (Lipinski definition) is 0. The molecule has 0 heterocycles. The highest BCUT2D eigenvalue weighted by molar-refractivity contribution is 7.89. The van der Waals surface area contributed by atoms with Gasteiger partial charge in [-0.2, -0.15) is 0 Å². The zero-order valence-corrected chi connectivity index (χ0v) is 9.14. The first kappa shape index (κ1) is 9.66. The predicted molar refractivity (Wildman–Crippen MR) is 59.5 cm³/mol. The van der Waals surface area contributed by atoms with Gasteiger partial charge in [-0.3, -0.25) is 0 Å². The van der Waals surface area contributed by atoms with Crippen LogP contribution in [0.3, 0.4) is 0 Å². The number of allylic oxidation sites excluding steroid dienone is 2. The van der Waals surface area contributed by atoms with E-state index in [4.69, 9.17) is 0 Å². The molecule has 0 amide bonds. The van der Waals surface area contributed by atoms with E-state index in [0.717, 1.165) is 29.1 Å². The Morgan fingerprint density at radius 1 is 1.21 bits per heavy atom. The fourth-order valence-corrected chi connectivity index (χ4v) is 2.91. The monoisotopic (exact) mass is 206 g/mol. The second-order valence-electron chi connectivity index (χ2n) is 3.64. The van der Waals surface area contributed by atoms with Gasteiger partial charge in [0.1, 0.15) is 0 Å². The highest BCUT2D eigenvalue weighted by Gasteiger charge is 2.13. The zero-order valence-electron chi connectivity index (χ0n) is 8.32. The molecule has 1 atom stereocenters. The molecule has 74 valence electrons. The van der Waals surface area contributed by atoms with Crippen LogP contribution >= 0.6 is 0 Å². The zero-order chi connectivity index (χ0) is 9.97. The summed E-state index contributed by atoms with van der Waals surface area (Å²) in [7, 11) is -0.906. The molecule has 1 aliphatic rings. The van der Waals surface area contributed by atoms with Crippen molar-refractivity contribution in [1.29, 1.82) is 0 Å². The summed E-state index contributed by atoms with van der Waals surface area (Å²) >= 11 is 0. The Bertz CT molecular complexity index is 376. The lowest BCUT2D eigenvalue weighted by Crippen LogP contribution is -1.93. The first-order valence-electron chi connectivity index (χ1n) is 4.95. The van der Waals surface area contributed by atoms with Gasteiger partial charge in [0, 0.05) is 9.80 Å². The molecule has 0 saturated heterocycles. The first-order chi connectivity index (χ1) is 6.77. The molecule has 14 heavy (non-hydrogen) atoms. The molecule has 0 aromatic heterocycles. The summed E-state index contributed by atoms with van der Waals surface area (Å²) in [5.41, 5.74) is 1.21. The lowest BCUT2D eigenvalue weighted by molar-refractivity contribution is 0.685. The maximum absolute atomic E-state index is 12.0. The van der Waals surface area contributed by atoms with Crippen LogP contribution in [0.15, 0.2) is 40.1 Å². The molecule has 0 unspecified atom stereocenters. The lowest BCUT2D eigenvalue weighted by atomic mass is 10.2. The van der Waals surface area contributed by atoms with Crippen LogP contribution in [0.4, 0.5) is 0 Å². The quantitative estimate of drug-likeness (QED) is 0.726. The van der Waals surface area contributed by atoms with Gasteiger partial charge in [0.2, 0.25) is 0 Å². The van der Waals surface area contributed by atoms with Crippen molar-refractivity contribution in [3.8, 4) is 0 Å². The van der Waals surface area contributed by atoms with E-state index in [2.05, 4.69) is 6.08 Å². The minimum Gasteiger partial charge on any atom is -0.249 e. The standard InChI is InChI=1S/C12H14OS/c1-10-6-8-12(9-7-10)14(13)11-4-2-3-5-11/h4,6-9H,2-3,5H2,1H3/t14-/m1/s1. The molecule has 0 radical (unpaired) electrons. The van der Waals surface area contributed by atoms with Gasteiger partial charge in [-0.1, -0.05) is 23.8 Å². The molecular weight excluding hydrogens is 192 g/mol. The summed E-state index contributed by atoms with van der Waals surface area (Å²) in [4.78, 5) is 2.04. The third-order valence-electron chi connectivity index (χ3n) is 2.47. The van der Waals surface area contributed by atoms with Crippen molar-refractivity contribution in [2.75, 3.05) is 0 Å². The van der Waals surface area contributed by atoms with Crippen molar-refractivity contribution in [3.05, 3.63) is 40.8 Å². The average Bonchev–Trinajstić information content (AvgIpc) is 2.71. The van der Waals surface area contributed by atoms with Crippen LogP contribution in [0.5, 0.6) is 0 Å². The molecule has 0 saturated carbocycles. The largest absolute Gasteiger partial charge is 0.249 e. The summed E-state index contributed by atoms with van der Waals surface area (Å²) < 4.78 is 12.0. The third kappa shape index (κ3) is 1.95. The van der Waals surface area contributed by atoms with E-state index in [0.29, 0.717) is 0 Å². The average molecular weight is 206 g/mol. The first-order valence-corrected chi connectivity index (χ1v) is 6.10. The van der Waals surface area contributed by atoms with Crippen molar-refractivity contribution < 1.29 is 4.21 Å². The van der Waals surface area contributed by atoms with Gasteiger partial charge in [-0.05, 0) is 38.3 Å². The van der Waals surface area contributed by atoms with E-state index < -0.39 is 10.8 Å². The molecule has 1 aromatic rings. The summed E-state index contributed by atoms with van der Waals surface area (Å²) in [5.74, 6) is 0. The number of benzene rings is 1. The second kappa shape index (κ2) is 4.09. The fraction of sp³-hybridized carbons (Fsp3) is 0.333. The molecule has 1 aliphatic carbocycles. The van der Waals surface area contributed by atoms with Crippen LogP contribution in [-0.4, -0.2) is 4.21 Å². The molecule has 0 fully saturated rings. The maximum atomic E-state index is 12.0. The SMILES string of the molecule is Cc1ccc([S@](=O)C2=CCCC2)cc1. The highest BCUT2D eigenvalue weighted by Crippen LogP contribution is 2.25. The van der Waals surface area contributed by atoms with Crippen LogP contribution < -0.4 is 0 Å². The summed E-state index contributed by atoms with van der Waals surface area (Å²) in [6.07, 6.45) is 5.37. The van der Waals surface area contributed by atoms with Crippen molar-refractivity contribution in [2.45, 2.75) is 31.1 Å². The van der Waals surface area contributed by atoms with E-state index in [1.165, 1.54) is 5.56 Å². The van der Waals surface area contributed by atoms with Crippen LogP contribution in [0.25, 0.3) is 0 Å². The van der Waals surface area contributed by atoms with E-state index in [9.17, 15) is 4.21 Å². The summed E-state index contributed by atoms with van der Waals surface area (Å²) in [6, 6.07) is 7.96. The lowest BCUT2D eigenvalue weighted by Gasteiger charge is -2.02. The van der Waals surface area contributed by atoms with E-state index >= 15 is 0 Å². The summed E-state index contributed by atoms with van der Waals surface area (Å²) in [6.45, 7) is 2.04. The van der Waals surface area contributed by atoms with Gasteiger partial charge in [0.15, 0.2) is 0 Å². The van der Waals surface area contributed by atoms with E-state index in [1.54, 1.807) is 0 Å². The highest BCUT2D eigenvalue weighted by atomic mass is 32.2. The Kier molecular flexibility index (Phi) is 2.82. The Balaban J connectivity index is 2.22. The topological polar surface area (TPSA) is 17.1 Å². The number of hydrogen-bond acceptors (Lipinski definition) is 1. The van der Waals surface area contributed by atoms with Crippen molar-refractivity contribution in [3.63, 3.8) is 0 Å². The molecule has 1 aromatic carbocycles. The minimum absolute atomic E-state index is 0.906. The van der Waals surface area contributed by atoms with Crippen molar-refractivity contribution in [2.24, 2.45) is 0 Å². The molecule has 0 N–H and O–H groups in total. The summed E-state index contributed by atoms with van der Waals surface area (Å²) in [5, 5.41) is 0. The second-order valence-corrected chi connectivity index (χ2v) is 5.18. The Morgan fingerprint density at radius 3 is 2.50 bits per heavy atom. The normalized spacial score (nSPS) is 17.9. The predicted octanol–water partition coefficient (Wildman–Crippen LogP) is 3.17. The van der Waals surface area contributed by atoms with Crippen LogP contribution in [0.1, 0.15) is 24.8 Å². The van der Waals surface area contributed by atoms with Gasteiger partial charge in [0.25, 0.3) is 0 Å². The van der Waals surface area contributed by atoms with Crippen molar-refractivity contribution in [1.82, 2.24) is 0 Å². The number of rotatable bonds is 2. The Labute approximate surface area is 87.3 Å². The molecule has 2 rings (SSSR count). The van der Waals surface area contributed by atoms with Crippen LogP contribution in [0, 0.1) is 6.92 Å². The number of aryl methyl sites for hydroxylation is 1. The van der Waals surface area contributed by atoms with E-state index in [1.807, 2.05) is 31.2 Å². The molecule has 2 heteroatoms. The van der Waals surface area contributed by atoms with Gasteiger partial charge in [0.05, 0.1) is 10.8 Å². The molecule has 1 nitrogen and oxygen atoms in total. The molecular formula is C12H14OS.